The first-order valence-corrected chi connectivity index (χ1v) is 6.81. The van der Waals surface area contributed by atoms with Gasteiger partial charge in [-0.3, -0.25) is 4.68 Å². The van der Waals surface area contributed by atoms with E-state index >= 15 is 0 Å². The normalized spacial score (nSPS) is 10.6. The van der Waals surface area contributed by atoms with E-state index in [0.717, 1.165) is 29.4 Å². The van der Waals surface area contributed by atoms with Crippen molar-refractivity contribution in [2.45, 2.75) is 53.5 Å². The van der Waals surface area contributed by atoms with Gasteiger partial charge in [-0.2, -0.15) is 5.10 Å². The average Bonchev–Trinajstić information content (AvgIpc) is 2.71. The van der Waals surface area contributed by atoms with E-state index in [4.69, 9.17) is 0 Å². The molecule has 0 fully saturated rings. The maximum absolute atomic E-state index is 13.2. The molecule has 0 saturated heterocycles. The predicted octanol–water partition coefficient (Wildman–Crippen LogP) is 4.87. The third-order valence-corrected chi connectivity index (χ3v) is 3.14. The van der Waals surface area contributed by atoms with Crippen LogP contribution in [0.5, 0.6) is 0 Å². The first-order chi connectivity index (χ1) is 8.67. The molecule has 0 spiro atoms. The van der Waals surface area contributed by atoms with Gasteiger partial charge in [-0.1, -0.05) is 27.7 Å². The van der Waals surface area contributed by atoms with Crippen LogP contribution in [0.2, 0.25) is 0 Å². The fraction of sp³-hybridized carbons (Fsp3) is 0.533. The zero-order valence-electron chi connectivity index (χ0n) is 12.0. The lowest BCUT2D eigenvalue weighted by Gasteiger charge is -2.14. The summed E-state index contributed by atoms with van der Waals surface area (Å²) in [6.07, 6.45) is 2.09. The second kappa shape index (κ2) is 6.53. The van der Waals surface area contributed by atoms with Crippen LogP contribution in [0.4, 0.5) is 4.39 Å². The molecule has 2 rings (SSSR count). The lowest BCUT2D eigenvalue weighted by Crippen LogP contribution is -2.08. The summed E-state index contributed by atoms with van der Waals surface area (Å²) in [4.78, 5) is 0. The molecule has 0 atom stereocenters. The van der Waals surface area contributed by atoms with Gasteiger partial charge in [0.15, 0.2) is 0 Å². The van der Waals surface area contributed by atoms with Gasteiger partial charge in [0.25, 0.3) is 0 Å². The Morgan fingerprint density at radius 3 is 2.39 bits per heavy atom. The van der Waals surface area contributed by atoms with Crippen LogP contribution in [0.25, 0.3) is 10.9 Å². The van der Waals surface area contributed by atoms with Crippen molar-refractivity contribution in [2.24, 2.45) is 0 Å². The fourth-order valence-corrected chi connectivity index (χ4v) is 2.18. The monoisotopic (exact) mass is 250 g/mol. The zero-order valence-corrected chi connectivity index (χ0v) is 12.0. The van der Waals surface area contributed by atoms with Gasteiger partial charge >= 0.3 is 0 Å². The topological polar surface area (TPSA) is 17.8 Å². The van der Waals surface area contributed by atoms with E-state index in [1.165, 1.54) is 6.07 Å². The van der Waals surface area contributed by atoms with E-state index in [2.05, 4.69) is 18.9 Å². The molecule has 1 aromatic carbocycles. The summed E-state index contributed by atoms with van der Waals surface area (Å²) in [5, 5.41) is 5.45. The molecule has 0 radical (unpaired) electrons. The third kappa shape index (κ3) is 2.71. The Kier molecular flexibility index (Phi) is 5.32. The molecule has 1 aromatic heterocycles. The van der Waals surface area contributed by atoms with Crippen LogP contribution in [0.1, 0.15) is 52.3 Å². The zero-order chi connectivity index (χ0) is 13.7. The first kappa shape index (κ1) is 14.7. The molecular weight excluding hydrogens is 227 g/mol. The van der Waals surface area contributed by atoms with Crippen molar-refractivity contribution in [3.8, 4) is 0 Å². The Hall–Kier alpha value is -1.38. The molecule has 2 nitrogen and oxygen atoms in total. The number of aromatic nitrogens is 2. The summed E-state index contributed by atoms with van der Waals surface area (Å²) in [5.74, 6) is -0.195. The van der Waals surface area contributed by atoms with Crippen molar-refractivity contribution in [2.75, 3.05) is 0 Å². The summed E-state index contributed by atoms with van der Waals surface area (Å²) in [5.41, 5.74) is 1.94. The van der Waals surface area contributed by atoms with E-state index in [-0.39, 0.29) is 5.82 Å². The van der Waals surface area contributed by atoms with Gasteiger partial charge in [0.05, 0.1) is 17.3 Å². The smallest absolute Gasteiger partial charge is 0.124 e. The summed E-state index contributed by atoms with van der Waals surface area (Å²) >= 11 is 0. The Morgan fingerprint density at radius 2 is 1.83 bits per heavy atom. The molecule has 0 saturated carbocycles. The molecule has 18 heavy (non-hydrogen) atoms. The molecule has 0 unspecified atom stereocenters. The van der Waals surface area contributed by atoms with E-state index < -0.39 is 0 Å². The van der Waals surface area contributed by atoms with Crippen molar-refractivity contribution >= 4 is 10.9 Å². The van der Waals surface area contributed by atoms with E-state index in [9.17, 15) is 4.39 Å². The maximum atomic E-state index is 13.2. The van der Waals surface area contributed by atoms with Gasteiger partial charge in [0, 0.05) is 5.39 Å². The van der Waals surface area contributed by atoms with Crippen LogP contribution in [0, 0.1) is 12.7 Å². The Labute approximate surface area is 109 Å². The molecule has 0 bridgehead atoms. The summed E-state index contributed by atoms with van der Waals surface area (Å²) < 4.78 is 15.2. The van der Waals surface area contributed by atoms with Gasteiger partial charge < -0.3 is 0 Å². The lowest BCUT2D eigenvalue weighted by atomic mass is 10.1. The molecule has 100 valence electrons. The summed E-state index contributed by atoms with van der Waals surface area (Å²) in [6, 6.07) is 5.30. The summed E-state index contributed by atoms with van der Waals surface area (Å²) in [6.45, 7) is 10.2. The van der Waals surface area contributed by atoms with Gasteiger partial charge in [0.2, 0.25) is 0 Å². The highest BCUT2D eigenvalue weighted by Crippen LogP contribution is 2.25. The molecule has 1 heterocycles. The van der Waals surface area contributed by atoms with E-state index in [1.54, 1.807) is 6.07 Å². The van der Waals surface area contributed by atoms with Crippen LogP contribution in [-0.2, 0) is 0 Å². The number of halogens is 1. The van der Waals surface area contributed by atoms with Gasteiger partial charge in [-0.15, -0.1) is 0 Å². The third-order valence-electron chi connectivity index (χ3n) is 3.14. The Balaban J connectivity index is 0.000000771. The highest BCUT2D eigenvalue weighted by molar-refractivity contribution is 5.81. The number of aryl methyl sites for hydroxylation is 1. The molecule has 0 aliphatic carbocycles. The largest absolute Gasteiger partial charge is 0.262 e. The Morgan fingerprint density at radius 1 is 1.22 bits per heavy atom. The molecule has 0 aliphatic rings. The van der Waals surface area contributed by atoms with Crippen LogP contribution in [-0.4, -0.2) is 9.78 Å². The number of nitrogens with zero attached hydrogens (tertiary/aromatic N) is 2. The van der Waals surface area contributed by atoms with Crippen molar-refractivity contribution in [3.63, 3.8) is 0 Å². The average molecular weight is 250 g/mol. The van der Waals surface area contributed by atoms with Crippen molar-refractivity contribution in [3.05, 3.63) is 29.7 Å². The minimum Gasteiger partial charge on any atom is -0.262 e. The molecule has 3 heteroatoms. The van der Waals surface area contributed by atoms with Crippen molar-refractivity contribution in [1.82, 2.24) is 9.78 Å². The minimum atomic E-state index is -0.195. The van der Waals surface area contributed by atoms with Crippen LogP contribution < -0.4 is 0 Å². The van der Waals surface area contributed by atoms with Gasteiger partial charge in [0.1, 0.15) is 5.82 Å². The van der Waals surface area contributed by atoms with Crippen molar-refractivity contribution < 1.29 is 4.39 Å². The quantitative estimate of drug-likeness (QED) is 0.759. The highest BCUT2D eigenvalue weighted by atomic mass is 19.1. The maximum Gasteiger partial charge on any atom is 0.124 e. The summed E-state index contributed by atoms with van der Waals surface area (Å²) in [7, 11) is 0. The highest BCUT2D eigenvalue weighted by Gasteiger charge is 2.13. The van der Waals surface area contributed by atoms with Crippen molar-refractivity contribution in [1.29, 1.82) is 0 Å². The standard InChI is InChI=1S/C13H17FN2.C2H6/c1-4-11(5-2)16-13-7-6-10(14)8-12(13)9(3)15-16;1-2/h6-8,11H,4-5H2,1-3H3;1-2H3. The molecule has 0 aliphatic heterocycles. The fourth-order valence-electron chi connectivity index (χ4n) is 2.18. The minimum absolute atomic E-state index is 0.195. The van der Waals surface area contributed by atoms with Crippen LogP contribution in [0.15, 0.2) is 18.2 Å². The van der Waals surface area contributed by atoms with Gasteiger partial charge in [-0.25, -0.2) is 4.39 Å². The van der Waals surface area contributed by atoms with Crippen LogP contribution >= 0.6 is 0 Å². The number of rotatable bonds is 3. The SMILES string of the molecule is CC.CCC(CC)n1nc(C)c2cc(F)ccc21. The molecular formula is C15H23FN2. The molecule has 0 amide bonds. The second-order valence-corrected chi connectivity index (χ2v) is 4.16. The lowest BCUT2D eigenvalue weighted by molar-refractivity contribution is 0.439. The number of hydrogen-bond acceptors (Lipinski definition) is 1. The molecule has 0 N–H and O–H groups in total. The number of fused-ring (bicyclic) bond motifs is 1. The van der Waals surface area contributed by atoms with Gasteiger partial charge in [-0.05, 0) is 38.0 Å². The second-order valence-electron chi connectivity index (χ2n) is 4.16. The molecule has 2 aromatic rings. The van der Waals surface area contributed by atoms with E-state index in [0.29, 0.717) is 6.04 Å². The Bertz CT molecular complexity index is 498. The van der Waals surface area contributed by atoms with Crippen LogP contribution in [0.3, 0.4) is 0 Å². The predicted molar refractivity (Wildman–Crippen MR) is 75.4 cm³/mol. The number of benzene rings is 1. The first-order valence-electron chi connectivity index (χ1n) is 6.81. The van der Waals surface area contributed by atoms with E-state index in [1.807, 2.05) is 31.5 Å². The number of hydrogen-bond donors (Lipinski definition) is 0.